The molecule has 0 aromatic heterocycles. The number of nitrogens with one attached hydrogen (secondary N) is 2. The van der Waals surface area contributed by atoms with Gasteiger partial charge in [0.1, 0.15) is 17.9 Å². The van der Waals surface area contributed by atoms with Crippen LogP contribution in [0, 0.1) is 12.8 Å². The summed E-state index contributed by atoms with van der Waals surface area (Å²) in [5.41, 5.74) is 26.2. The van der Waals surface area contributed by atoms with Crippen LogP contribution >= 0.6 is 0 Å². The van der Waals surface area contributed by atoms with Gasteiger partial charge in [0.05, 0.1) is 24.2 Å². The zero-order valence-electron chi connectivity index (χ0n) is 34.6. The highest BCUT2D eigenvalue weighted by Crippen LogP contribution is 2.33. The van der Waals surface area contributed by atoms with E-state index in [9.17, 15) is 24.0 Å². The molecule has 3 aromatic carbocycles. The molecular formula is C46H54N9O6-. The van der Waals surface area contributed by atoms with Crippen molar-refractivity contribution in [1.82, 2.24) is 24.9 Å². The van der Waals surface area contributed by atoms with Gasteiger partial charge < -0.3 is 36.6 Å². The molecule has 15 heteroatoms. The Hall–Kier alpha value is -6.35. The number of likely N-dealkylation sites (tertiary alicyclic amines) is 1. The van der Waals surface area contributed by atoms with Crippen molar-refractivity contribution in [2.45, 2.75) is 64.1 Å². The Bertz CT molecular complexity index is 2270. The van der Waals surface area contributed by atoms with Crippen molar-refractivity contribution in [3.8, 4) is 5.75 Å². The summed E-state index contributed by atoms with van der Waals surface area (Å²) in [7, 11) is 0. The minimum atomic E-state index is -0.986. The number of piperidine rings is 2. The van der Waals surface area contributed by atoms with Gasteiger partial charge in [0.25, 0.3) is 11.8 Å². The molecule has 0 spiro atoms. The summed E-state index contributed by atoms with van der Waals surface area (Å²) in [6, 6.07) is 20.3. The number of aryl methyl sites for hydroxylation is 1. The van der Waals surface area contributed by atoms with Crippen molar-refractivity contribution in [3.05, 3.63) is 118 Å². The number of carbonyl (C=O) groups is 5. The first-order chi connectivity index (χ1) is 29.4. The number of rotatable bonds is 12. The van der Waals surface area contributed by atoms with E-state index in [4.69, 9.17) is 21.9 Å². The van der Waals surface area contributed by atoms with Crippen molar-refractivity contribution < 1.29 is 28.7 Å². The molecule has 320 valence electrons. The van der Waals surface area contributed by atoms with Crippen LogP contribution in [-0.2, 0) is 20.9 Å². The summed E-state index contributed by atoms with van der Waals surface area (Å²) < 4.78 is 6.32. The molecule has 4 saturated heterocycles. The van der Waals surface area contributed by atoms with Gasteiger partial charge in [0.2, 0.25) is 17.7 Å². The fraction of sp³-hybridized carbons (Fsp3) is 0.413. The third-order valence-corrected chi connectivity index (χ3v) is 12.7. The minimum absolute atomic E-state index is 0.0325. The topological polar surface area (TPSA) is 199 Å². The first kappa shape index (κ1) is 41.4. The summed E-state index contributed by atoms with van der Waals surface area (Å²) in [5.74, 6) is -0.628. The van der Waals surface area contributed by atoms with Gasteiger partial charge in [-0.2, -0.15) is 0 Å². The van der Waals surface area contributed by atoms with Crippen LogP contribution in [0.2, 0.25) is 0 Å². The second-order valence-electron chi connectivity index (χ2n) is 16.8. The smallest absolute Gasteiger partial charge is 0.262 e. The number of allylic oxidation sites excluding steroid dienone is 1. The number of ether oxygens (including phenoxy) is 1. The number of fused-ring (bicyclic) bond motifs is 1. The second-order valence-corrected chi connectivity index (χ2v) is 16.8. The molecule has 5 amide bonds. The number of carbonyl (C=O) groups excluding carboxylic acids is 5. The maximum Gasteiger partial charge on any atom is 0.262 e. The van der Waals surface area contributed by atoms with Gasteiger partial charge >= 0.3 is 0 Å². The van der Waals surface area contributed by atoms with Crippen molar-refractivity contribution in [2.24, 2.45) is 17.4 Å². The van der Waals surface area contributed by atoms with E-state index in [0.717, 1.165) is 85.0 Å². The van der Waals surface area contributed by atoms with Gasteiger partial charge in [-0.05, 0) is 91.9 Å². The second kappa shape index (κ2) is 17.7. The summed E-state index contributed by atoms with van der Waals surface area (Å²) in [6.07, 6.45) is 5.16. The molecule has 5 aliphatic rings. The maximum absolute atomic E-state index is 13.3. The van der Waals surface area contributed by atoms with Gasteiger partial charge in [-0.1, -0.05) is 36.4 Å². The van der Waals surface area contributed by atoms with Crippen molar-refractivity contribution in [3.63, 3.8) is 0 Å². The highest BCUT2D eigenvalue weighted by molar-refractivity contribution is 6.23. The fourth-order valence-corrected chi connectivity index (χ4v) is 9.12. The molecule has 0 saturated carbocycles. The summed E-state index contributed by atoms with van der Waals surface area (Å²) in [5, 5.41) is 2.23. The van der Waals surface area contributed by atoms with Crippen molar-refractivity contribution in [2.75, 3.05) is 57.3 Å². The molecule has 5 heterocycles. The summed E-state index contributed by atoms with van der Waals surface area (Å²) in [6.45, 7) is 8.54. The number of nitrogens with two attached hydrogens (primary N) is 2. The Morgan fingerprint density at radius 3 is 2.31 bits per heavy atom. The normalized spacial score (nSPS) is 21.0. The monoisotopic (exact) mass is 828 g/mol. The molecule has 4 fully saturated rings. The number of anilines is 1. The van der Waals surface area contributed by atoms with Crippen LogP contribution in [0.25, 0.3) is 11.4 Å². The molecule has 0 radical (unpaired) electrons. The molecule has 15 nitrogen and oxygen atoms in total. The molecule has 3 aromatic rings. The van der Waals surface area contributed by atoms with Crippen LogP contribution in [0.5, 0.6) is 5.75 Å². The molecule has 1 unspecified atom stereocenters. The Labute approximate surface area is 356 Å². The van der Waals surface area contributed by atoms with Crippen LogP contribution < -0.4 is 26.4 Å². The lowest BCUT2D eigenvalue weighted by atomic mass is 9.91. The van der Waals surface area contributed by atoms with Crippen molar-refractivity contribution >= 4 is 40.9 Å². The van der Waals surface area contributed by atoms with Gasteiger partial charge in [0.15, 0.2) is 0 Å². The van der Waals surface area contributed by atoms with Gasteiger partial charge in [-0.15, -0.1) is 0 Å². The van der Waals surface area contributed by atoms with E-state index < -0.39 is 29.7 Å². The number of hydrogen-bond donors (Lipinski definition) is 3. The predicted molar refractivity (Wildman–Crippen MR) is 230 cm³/mol. The highest BCUT2D eigenvalue weighted by atomic mass is 16.5. The highest BCUT2D eigenvalue weighted by Gasteiger charge is 2.45. The quantitative estimate of drug-likeness (QED) is 0.176. The molecule has 8 rings (SSSR count). The molecule has 6 N–H and O–H groups in total. The molecule has 61 heavy (non-hydrogen) atoms. The van der Waals surface area contributed by atoms with Gasteiger partial charge in [-0.25, -0.2) is 0 Å². The van der Waals surface area contributed by atoms with Crippen LogP contribution in [0.1, 0.15) is 75.9 Å². The van der Waals surface area contributed by atoms with E-state index in [0.29, 0.717) is 49.9 Å². The van der Waals surface area contributed by atoms with Crippen LogP contribution in [0.4, 0.5) is 5.69 Å². The maximum atomic E-state index is 13.3. The zero-order valence-corrected chi connectivity index (χ0v) is 34.6. The standard InChI is InChI=1S/C46H55N9O6/c1-29-5-2-3-8-35(29)38(47)25-40(43(48)49)54-27-34(28-54)61-33-7-4-6-31(23-33)26-51-19-21-53(22-20-51)42(57)14-9-30-15-17-52(18-16-30)32-10-11-36-37(24-32)46(60)55(45(36)59)39-12-13-41(56)50-44(39)58/h2-8,10-11,23-25,30,34,39H,9,12-22,26-28H2,1H3,(H7,47,48,49,50,56,58,59,60)/p-1. The molecule has 1 atom stereocenters. The van der Waals surface area contributed by atoms with E-state index in [2.05, 4.69) is 27.2 Å². The first-order valence-electron chi connectivity index (χ1n) is 21.3. The number of imide groups is 2. The molecule has 0 bridgehead atoms. The van der Waals surface area contributed by atoms with Gasteiger partial charge in [0, 0.05) is 81.3 Å². The third kappa shape index (κ3) is 9.07. The lowest BCUT2D eigenvalue weighted by Crippen LogP contribution is -2.54. The lowest BCUT2D eigenvalue weighted by Gasteiger charge is -2.42. The zero-order chi connectivity index (χ0) is 42.8. The summed E-state index contributed by atoms with van der Waals surface area (Å²) in [4.78, 5) is 73.4. The number of amides is 5. The number of nitrogens with zero attached hydrogens (tertiary/aromatic N) is 5. The third-order valence-electron chi connectivity index (χ3n) is 12.7. The average Bonchev–Trinajstić information content (AvgIpc) is 3.48. The summed E-state index contributed by atoms with van der Waals surface area (Å²) >= 11 is 0. The number of piperazine rings is 1. The predicted octanol–water partition coefficient (Wildman–Crippen LogP) is 3.98. The lowest BCUT2D eigenvalue weighted by molar-refractivity contribution is -0.136. The van der Waals surface area contributed by atoms with E-state index >= 15 is 0 Å². The largest absolute Gasteiger partial charge is 0.493 e. The van der Waals surface area contributed by atoms with Crippen LogP contribution in [-0.4, -0.2) is 114 Å². The number of benzene rings is 3. The fourth-order valence-electron chi connectivity index (χ4n) is 9.12. The Morgan fingerprint density at radius 2 is 1.59 bits per heavy atom. The Morgan fingerprint density at radius 1 is 0.852 bits per heavy atom. The van der Waals surface area contributed by atoms with E-state index in [1.807, 2.05) is 59.2 Å². The molecule has 5 aliphatic heterocycles. The van der Waals surface area contributed by atoms with E-state index in [1.165, 1.54) is 0 Å². The molecule has 0 aliphatic carbocycles. The van der Waals surface area contributed by atoms with Gasteiger partial charge in [-0.3, -0.25) is 39.1 Å². The first-order valence-corrected chi connectivity index (χ1v) is 21.3. The van der Waals surface area contributed by atoms with Crippen molar-refractivity contribution in [1.29, 1.82) is 0 Å². The Kier molecular flexibility index (Phi) is 12.0. The van der Waals surface area contributed by atoms with E-state index in [-0.39, 0.29) is 41.8 Å². The Balaban J connectivity index is 0.747. The van der Waals surface area contributed by atoms with Crippen LogP contribution in [0.3, 0.4) is 0 Å². The van der Waals surface area contributed by atoms with E-state index in [1.54, 1.807) is 18.2 Å². The molecular weight excluding hydrogens is 775 g/mol. The SMILES string of the molecule is Cc1ccccc1/C(N)=C/C(=C(/[NH-])N)N1CC(Oc2cccc(CN3CCN(C(=O)CCC4CCN(c5ccc6c(c5)C(=O)N(C5CCC(=O)NC5=O)C6=O)CC4)CC3)c2)C1. The average molecular weight is 829 g/mol. The van der Waals surface area contributed by atoms with Crippen LogP contribution in [0.15, 0.2) is 84.3 Å². The number of hydrogen-bond acceptors (Lipinski definition) is 11. The minimum Gasteiger partial charge on any atom is -0.493 e.